The molecule has 0 unspecified atom stereocenters. The Morgan fingerprint density at radius 1 is 1.36 bits per heavy atom. The Labute approximate surface area is 83.3 Å². The second-order valence-corrected chi connectivity index (χ2v) is 3.09. The van der Waals surface area contributed by atoms with Crippen LogP contribution in [0.4, 0.5) is 0 Å². The van der Waals surface area contributed by atoms with Gasteiger partial charge in [0, 0.05) is 11.9 Å². The molecule has 14 heavy (non-hydrogen) atoms. The van der Waals surface area contributed by atoms with E-state index < -0.39 is 0 Å². The molecule has 2 rings (SSSR count). The highest BCUT2D eigenvalue weighted by Gasteiger charge is 2.06. The van der Waals surface area contributed by atoms with E-state index in [1.807, 2.05) is 29.9 Å². The molecular formula is C11H14N2O. The number of ether oxygens (including phenoxy) is 1. The van der Waals surface area contributed by atoms with Gasteiger partial charge in [0.1, 0.15) is 11.3 Å². The molecule has 0 bridgehead atoms. The maximum absolute atomic E-state index is 5.56. The summed E-state index contributed by atoms with van der Waals surface area (Å²) in [6.07, 6.45) is 1.88. The van der Waals surface area contributed by atoms with Gasteiger partial charge in [-0.25, -0.2) is 0 Å². The molecule has 0 aliphatic carbocycles. The smallest absolute Gasteiger partial charge is 0.145 e. The van der Waals surface area contributed by atoms with Crippen LogP contribution < -0.4 is 4.74 Å². The summed E-state index contributed by atoms with van der Waals surface area (Å²) in [6, 6.07) is 6.03. The number of para-hydroxylation sites is 1. The molecule has 0 aliphatic rings. The molecule has 3 nitrogen and oxygen atoms in total. The molecule has 0 N–H and O–H groups in total. The zero-order valence-electron chi connectivity index (χ0n) is 8.53. The monoisotopic (exact) mass is 190 g/mol. The van der Waals surface area contributed by atoms with Crippen molar-refractivity contribution in [2.75, 3.05) is 6.61 Å². The van der Waals surface area contributed by atoms with Gasteiger partial charge in [0.25, 0.3) is 0 Å². The highest BCUT2D eigenvalue weighted by molar-refractivity contribution is 5.84. The predicted molar refractivity (Wildman–Crippen MR) is 56.6 cm³/mol. The largest absolute Gasteiger partial charge is 0.492 e. The van der Waals surface area contributed by atoms with Gasteiger partial charge in [0.05, 0.1) is 12.8 Å². The highest BCUT2D eigenvalue weighted by atomic mass is 16.5. The van der Waals surface area contributed by atoms with Crippen LogP contribution in [0.5, 0.6) is 5.75 Å². The lowest BCUT2D eigenvalue weighted by atomic mass is 10.2. The lowest BCUT2D eigenvalue weighted by molar-refractivity contribution is 0.342. The maximum Gasteiger partial charge on any atom is 0.145 e. The quantitative estimate of drug-likeness (QED) is 0.743. The standard InChI is InChI=1S/C11H14N2O/c1-3-13-11-9(8-12-13)6-5-7-10(11)14-4-2/h5-8H,3-4H2,1-2H3. The minimum absolute atomic E-state index is 0.688. The molecule has 1 aromatic carbocycles. The number of rotatable bonds is 3. The van der Waals surface area contributed by atoms with E-state index in [1.54, 1.807) is 0 Å². The first-order chi connectivity index (χ1) is 6.86. The van der Waals surface area contributed by atoms with E-state index in [9.17, 15) is 0 Å². The van der Waals surface area contributed by atoms with Gasteiger partial charge in [0.2, 0.25) is 0 Å². The zero-order valence-corrected chi connectivity index (χ0v) is 8.53. The first-order valence-electron chi connectivity index (χ1n) is 4.94. The van der Waals surface area contributed by atoms with Crippen molar-refractivity contribution in [2.24, 2.45) is 0 Å². The topological polar surface area (TPSA) is 27.1 Å². The summed E-state index contributed by atoms with van der Waals surface area (Å²) in [4.78, 5) is 0. The van der Waals surface area contributed by atoms with E-state index in [2.05, 4.69) is 18.1 Å². The molecule has 0 saturated heterocycles. The number of aryl methyl sites for hydroxylation is 1. The normalized spacial score (nSPS) is 10.7. The number of fused-ring (bicyclic) bond motifs is 1. The highest BCUT2D eigenvalue weighted by Crippen LogP contribution is 2.25. The molecular weight excluding hydrogens is 176 g/mol. The van der Waals surface area contributed by atoms with Crippen LogP contribution in [-0.2, 0) is 6.54 Å². The van der Waals surface area contributed by atoms with Crippen molar-refractivity contribution in [3.05, 3.63) is 24.4 Å². The summed E-state index contributed by atoms with van der Waals surface area (Å²) >= 11 is 0. The van der Waals surface area contributed by atoms with E-state index in [4.69, 9.17) is 4.74 Å². The van der Waals surface area contributed by atoms with E-state index in [0.717, 1.165) is 23.2 Å². The van der Waals surface area contributed by atoms with Crippen molar-refractivity contribution in [3.63, 3.8) is 0 Å². The molecule has 0 spiro atoms. The van der Waals surface area contributed by atoms with Crippen LogP contribution in [-0.4, -0.2) is 16.4 Å². The molecule has 3 heteroatoms. The Balaban J connectivity index is 2.62. The minimum Gasteiger partial charge on any atom is -0.492 e. The summed E-state index contributed by atoms with van der Waals surface area (Å²) in [6.45, 7) is 5.63. The van der Waals surface area contributed by atoms with Gasteiger partial charge in [0.15, 0.2) is 0 Å². The molecule has 0 radical (unpaired) electrons. The number of hydrogen-bond donors (Lipinski definition) is 0. The second kappa shape index (κ2) is 3.70. The lowest BCUT2D eigenvalue weighted by Crippen LogP contribution is -1.99. The Morgan fingerprint density at radius 2 is 2.21 bits per heavy atom. The fraction of sp³-hybridized carbons (Fsp3) is 0.364. The van der Waals surface area contributed by atoms with E-state index in [0.29, 0.717) is 6.61 Å². The third-order valence-corrected chi connectivity index (χ3v) is 2.22. The van der Waals surface area contributed by atoms with Gasteiger partial charge >= 0.3 is 0 Å². The van der Waals surface area contributed by atoms with Crippen LogP contribution in [0, 0.1) is 0 Å². The number of nitrogens with zero attached hydrogens (tertiary/aromatic N) is 2. The van der Waals surface area contributed by atoms with Crippen molar-refractivity contribution in [2.45, 2.75) is 20.4 Å². The maximum atomic E-state index is 5.56. The second-order valence-electron chi connectivity index (χ2n) is 3.09. The fourth-order valence-electron chi connectivity index (χ4n) is 1.62. The Bertz CT molecular complexity index is 434. The van der Waals surface area contributed by atoms with Crippen molar-refractivity contribution >= 4 is 10.9 Å². The van der Waals surface area contributed by atoms with Gasteiger partial charge < -0.3 is 4.74 Å². The third kappa shape index (κ3) is 1.35. The number of aromatic nitrogens is 2. The molecule has 0 aliphatic heterocycles. The van der Waals surface area contributed by atoms with Crippen LogP contribution in [0.1, 0.15) is 13.8 Å². The summed E-state index contributed by atoms with van der Waals surface area (Å²) < 4.78 is 7.52. The van der Waals surface area contributed by atoms with E-state index in [-0.39, 0.29) is 0 Å². The zero-order chi connectivity index (χ0) is 9.97. The van der Waals surface area contributed by atoms with Crippen LogP contribution in [0.25, 0.3) is 10.9 Å². The third-order valence-electron chi connectivity index (χ3n) is 2.22. The SMILES string of the molecule is CCOc1cccc2cnn(CC)c12. The fourth-order valence-corrected chi connectivity index (χ4v) is 1.62. The first-order valence-corrected chi connectivity index (χ1v) is 4.94. The molecule has 74 valence electrons. The summed E-state index contributed by atoms with van der Waals surface area (Å²) in [5.41, 5.74) is 1.09. The van der Waals surface area contributed by atoms with E-state index in [1.165, 1.54) is 0 Å². The Hall–Kier alpha value is -1.51. The lowest BCUT2D eigenvalue weighted by Gasteiger charge is -2.06. The summed E-state index contributed by atoms with van der Waals surface area (Å²) in [5, 5.41) is 5.43. The van der Waals surface area contributed by atoms with Crippen molar-refractivity contribution in [3.8, 4) is 5.75 Å². The summed E-state index contributed by atoms with van der Waals surface area (Å²) in [7, 11) is 0. The number of hydrogen-bond acceptors (Lipinski definition) is 2. The van der Waals surface area contributed by atoms with Gasteiger partial charge in [-0.15, -0.1) is 0 Å². The molecule has 1 heterocycles. The van der Waals surface area contributed by atoms with E-state index >= 15 is 0 Å². The Morgan fingerprint density at radius 3 is 2.93 bits per heavy atom. The summed E-state index contributed by atoms with van der Waals surface area (Å²) in [5.74, 6) is 0.921. The van der Waals surface area contributed by atoms with Crippen molar-refractivity contribution in [1.29, 1.82) is 0 Å². The van der Waals surface area contributed by atoms with Crippen LogP contribution in [0.3, 0.4) is 0 Å². The molecule has 1 aromatic heterocycles. The average molecular weight is 190 g/mol. The number of benzene rings is 1. The van der Waals surface area contributed by atoms with Gasteiger partial charge in [-0.3, -0.25) is 4.68 Å². The molecule has 0 atom stereocenters. The van der Waals surface area contributed by atoms with Crippen LogP contribution in [0.15, 0.2) is 24.4 Å². The van der Waals surface area contributed by atoms with Crippen molar-refractivity contribution < 1.29 is 4.74 Å². The van der Waals surface area contributed by atoms with Crippen molar-refractivity contribution in [1.82, 2.24) is 9.78 Å². The first kappa shape index (κ1) is 9.06. The van der Waals surface area contributed by atoms with Gasteiger partial charge in [-0.1, -0.05) is 12.1 Å². The molecule has 0 fully saturated rings. The minimum atomic E-state index is 0.688. The predicted octanol–water partition coefficient (Wildman–Crippen LogP) is 2.45. The molecule has 2 aromatic rings. The van der Waals surface area contributed by atoms with Gasteiger partial charge in [-0.05, 0) is 19.9 Å². The molecule has 0 amide bonds. The molecule has 0 saturated carbocycles. The van der Waals surface area contributed by atoms with Crippen LogP contribution in [0.2, 0.25) is 0 Å². The Kier molecular flexibility index (Phi) is 2.39. The average Bonchev–Trinajstić information content (AvgIpc) is 2.62. The van der Waals surface area contributed by atoms with Crippen LogP contribution >= 0.6 is 0 Å². The van der Waals surface area contributed by atoms with Gasteiger partial charge in [-0.2, -0.15) is 5.10 Å².